The minimum atomic E-state index is -1.25. The van der Waals surface area contributed by atoms with E-state index in [-0.39, 0.29) is 44.1 Å². The number of carbonyl (C=O) groups is 4. The summed E-state index contributed by atoms with van der Waals surface area (Å²) in [6, 6.07) is -1.75. The smallest absolute Gasteiger partial charge is 0.646 e. The van der Waals surface area contributed by atoms with E-state index in [0.29, 0.717) is 12.8 Å². The SMILES string of the molecule is O=C1CCC(C(=O)[O-])[N-]1.O=C1CCC(C(=O)[O-])[N-]1.[Zn+2]. The number of nitrogens with zero attached hydrogens (tertiary/aromatic N) is 2. The molecule has 0 saturated carbocycles. The number of hydrogen-bond donors (Lipinski definition) is 0. The largest absolute Gasteiger partial charge is 2.00 e. The molecule has 0 aromatic rings. The van der Waals surface area contributed by atoms with Crippen LogP contribution in [0.5, 0.6) is 0 Å². The third kappa shape index (κ3) is 5.78. The molecule has 2 amide bonds. The summed E-state index contributed by atoms with van der Waals surface area (Å²) >= 11 is 0. The van der Waals surface area contributed by atoms with Gasteiger partial charge in [0.15, 0.2) is 0 Å². The van der Waals surface area contributed by atoms with Crippen molar-refractivity contribution in [2.45, 2.75) is 37.8 Å². The van der Waals surface area contributed by atoms with Crippen molar-refractivity contribution in [3.63, 3.8) is 0 Å². The molecule has 0 spiro atoms. The van der Waals surface area contributed by atoms with Gasteiger partial charge in [-0.1, -0.05) is 24.9 Å². The Labute approximate surface area is 121 Å². The maximum Gasteiger partial charge on any atom is 2.00 e. The van der Waals surface area contributed by atoms with Gasteiger partial charge in [-0.25, -0.2) is 0 Å². The normalized spacial score (nSPS) is 24.4. The van der Waals surface area contributed by atoms with Crippen molar-refractivity contribution in [1.82, 2.24) is 0 Å². The van der Waals surface area contributed by atoms with Gasteiger partial charge in [0.2, 0.25) is 0 Å². The van der Waals surface area contributed by atoms with Crippen molar-refractivity contribution < 1.29 is 48.9 Å². The summed E-state index contributed by atoms with van der Waals surface area (Å²) in [6.07, 6.45) is 1.11. The molecule has 0 N–H and O–H groups in total. The molecule has 0 radical (unpaired) electrons. The van der Waals surface area contributed by atoms with Crippen LogP contribution in [-0.4, -0.2) is 35.8 Å². The standard InChI is InChI=1S/2C5H7NO3.Zn/c2*7-4-2-1-3(6-4)5(8)9;/h2*3H,1-2H2,(H2,6,7,8,9);/q;;+2/p-4. The summed E-state index contributed by atoms with van der Waals surface area (Å²) in [5, 5.41) is 26.6. The Morgan fingerprint density at radius 2 is 1.21 bits per heavy atom. The first-order valence-corrected chi connectivity index (χ1v) is 5.29. The van der Waals surface area contributed by atoms with Gasteiger partial charge >= 0.3 is 19.5 Å². The Hall–Kier alpha value is -1.50. The first-order valence-electron chi connectivity index (χ1n) is 5.29. The Morgan fingerprint density at radius 3 is 1.32 bits per heavy atom. The van der Waals surface area contributed by atoms with Crippen LogP contribution >= 0.6 is 0 Å². The average molecular weight is 320 g/mol. The van der Waals surface area contributed by atoms with Crippen molar-refractivity contribution in [1.29, 1.82) is 0 Å². The molecule has 0 aromatic carbocycles. The molecule has 2 aliphatic rings. The van der Waals surface area contributed by atoms with Crippen molar-refractivity contribution in [2.75, 3.05) is 0 Å². The Balaban J connectivity index is 0.000000324. The molecule has 2 saturated heterocycles. The van der Waals surface area contributed by atoms with Crippen LogP contribution in [0.15, 0.2) is 0 Å². The van der Waals surface area contributed by atoms with Gasteiger partial charge < -0.3 is 40.0 Å². The van der Waals surface area contributed by atoms with E-state index < -0.39 is 24.0 Å². The second-order valence-corrected chi connectivity index (χ2v) is 3.79. The predicted molar refractivity (Wildman–Crippen MR) is 52.8 cm³/mol. The monoisotopic (exact) mass is 318 g/mol. The number of carboxylic acid groups (broad SMARTS) is 2. The molecule has 19 heavy (non-hydrogen) atoms. The number of carboxylic acids is 2. The summed E-state index contributed by atoms with van der Waals surface area (Å²) in [4.78, 5) is 40.6. The van der Waals surface area contributed by atoms with E-state index >= 15 is 0 Å². The predicted octanol–water partition coefficient (Wildman–Crippen LogP) is -2.40. The van der Waals surface area contributed by atoms with Crippen molar-refractivity contribution in [3.8, 4) is 0 Å². The first kappa shape index (κ1) is 17.5. The molecule has 2 heterocycles. The van der Waals surface area contributed by atoms with Gasteiger partial charge in [0.1, 0.15) is 0 Å². The topological polar surface area (TPSA) is 143 Å². The van der Waals surface area contributed by atoms with Crippen LogP contribution in [0.3, 0.4) is 0 Å². The third-order valence-electron chi connectivity index (χ3n) is 2.41. The van der Waals surface area contributed by atoms with E-state index in [1.54, 1.807) is 0 Å². The van der Waals surface area contributed by atoms with Crippen molar-refractivity contribution in [2.24, 2.45) is 0 Å². The molecule has 100 valence electrons. The number of aliphatic carboxylic acids is 2. The zero-order valence-corrected chi connectivity index (χ0v) is 13.0. The van der Waals surface area contributed by atoms with Crippen LogP contribution in [0.2, 0.25) is 0 Å². The van der Waals surface area contributed by atoms with E-state index in [4.69, 9.17) is 0 Å². The molecule has 0 aromatic heterocycles. The summed E-state index contributed by atoms with van der Waals surface area (Å²) in [6.45, 7) is 0. The van der Waals surface area contributed by atoms with E-state index in [9.17, 15) is 29.4 Å². The minimum Gasteiger partial charge on any atom is -0.646 e. The molecular formula is C10H10N2O6Zn-2. The number of rotatable bonds is 2. The quantitative estimate of drug-likeness (QED) is 0.519. The summed E-state index contributed by atoms with van der Waals surface area (Å²) in [5.74, 6) is -3.16. The van der Waals surface area contributed by atoms with E-state index in [0.717, 1.165) is 0 Å². The number of hydrogen-bond acceptors (Lipinski definition) is 6. The fraction of sp³-hybridized carbons (Fsp3) is 0.600. The Morgan fingerprint density at radius 1 is 0.895 bits per heavy atom. The molecule has 2 atom stereocenters. The number of amides is 2. The van der Waals surface area contributed by atoms with E-state index in [1.807, 2.05) is 0 Å². The fourth-order valence-corrected chi connectivity index (χ4v) is 1.47. The molecule has 2 rings (SSSR count). The molecule has 0 aliphatic carbocycles. The van der Waals surface area contributed by atoms with Gasteiger partial charge in [0.05, 0.1) is 11.8 Å². The van der Waals surface area contributed by atoms with Gasteiger partial charge in [-0.3, -0.25) is 0 Å². The number of carbonyl (C=O) groups excluding carboxylic acids is 4. The second-order valence-electron chi connectivity index (χ2n) is 3.79. The maximum absolute atomic E-state index is 10.3. The van der Waals surface area contributed by atoms with E-state index in [2.05, 4.69) is 10.6 Å². The summed E-state index contributed by atoms with van der Waals surface area (Å²) in [5.41, 5.74) is 0. The first-order chi connectivity index (χ1) is 8.40. The van der Waals surface area contributed by atoms with Crippen LogP contribution in [0.1, 0.15) is 25.7 Å². The molecule has 0 bridgehead atoms. The van der Waals surface area contributed by atoms with Gasteiger partial charge in [0, 0.05) is 11.9 Å². The van der Waals surface area contributed by atoms with Crippen LogP contribution in [0.25, 0.3) is 10.6 Å². The Kier molecular flexibility index (Phi) is 7.22. The summed E-state index contributed by atoms with van der Waals surface area (Å²) in [7, 11) is 0. The molecule has 9 heteroatoms. The molecule has 8 nitrogen and oxygen atoms in total. The molecule has 2 fully saturated rings. The minimum absolute atomic E-state index is 0. The van der Waals surface area contributed by atoms with Gasteiger partial charge in [-0.05, 0) is 12.8 Å². The average Bonchev–Trinajstić information content (AvgIpc) is 2.88. The van der Waals surface area contributed by atoms with E-state index in [1.165, 1.54) is 0 Å². The zero-order chi connectivity index (χ0) is 13.7. The molecule has 2 unspecified atom stereocenters. The molecule has 2 aliphatic heterocycles. The van der Waals surface area contributed by atoms with Crippen LogP contribution in [0, 0.1) is 0 Å². The Bertz CT molecular complexity index is 350. The zero-order valence-electron chi connectivity index (χ0n) is 10.0. The van der Waals surface area contributed by atoms with Crippen LogP contribution < -0.4 is 10.2 Å². The van der Waals surface area contributed by atoms with Gasteiger partial charge in [-0.2, -0.15) is 0 Å². The molecular weight excluding hydrogens is 310 g/mol. The summed E-state index contributed by atoms with van der Waals surface area (Å²) < 4.78 is 0. The van der Waals surface area contributed by atoms with Gasteiger partial charge in [0.25, 0.3) is 0 Å². The second kappa shape index (κ2) is 7.83. The van der Waals surface area contributed by atoms with Crippen molar-refractivity contribution >= 4 is 23.8 Å². The van der Waals surface area contributed by atoms with Crippen molar-refractivity contribution in [3.05, 3.63) is 10.6 Å². The van der Waals surface area contributed by atoms with Gasteiger partial charge in [-0.15, -0.1) is 0 Å². The third-order valence-corrected chi connectivity index (χ3v) is 2.41. The maximum atomic E-state index is 10.3. The van der Waals surface area contributed by atoms with Crippen LogP contribution in [0.4, 0.5) is 0 Å². The fourth-order valence-electron chi connectivity index (χ4n) is 1.47. The van der Waals surface area contributed by atoms with Crippen LogP contribution in [-0.2, 0) is 38.7 Å².